The van der Waals surface area contributed by atoms with Crippen molar-refractivity contribution in [3.8, 4) is 11.5 Å². The number of ether oxygens (including phenoxy) is 2. The Labute approximate surface area is 330 Å². The predicted molar refractivity (Wildman–Crippen MR) is 223 cm³/mol. The van der Waals surface area contributed by atoms with Crippen LogP contribution in [-0.2, 0) is 4.74 Å². The molecule has 1 aromatic heterocycles. The topological polar surface area (TPSA) is 136 Å². The molecule has 0 radical (unpaired) electrons. The highest BCUT2D eigenvalue weighted by Gasteiger charge is 2.25. The number of thioether (sulfide) groups is 1. The van der Waals surface area contributed by atoms with Gasteiger partial charge in [-0.15, -0.1) is 5.10 Å². The van der Waals surface area contributed by atoms with Crippen molar-refractivity contribution in [2.24, 2.45) is 0 Å². The van der Waals surface area contributed by atoms with Gasteiger partial charge in [-0.25, -0.2) is 14.6 Å². The smallest absolute Gasteiger partial charge is 0.378 e. The molecule has 0 aliphatic heterocycles. The second-order valence-electron chi connectivity index (χ2n) is 13.7. The Morgan fingerprint density at radius 1 is 0.782 bits per heavy atom. The fourth-order valence-corrected chi connectivity index (χ4v) is 7.24. The van der Waals surface area contributed by atoms with Crippen molar-refractivity contribution in [2.75, 3.05) is 41.5 Å². The van der Waals surface area contributed by atoms with E-state index in [1.165, 1.54) is 64.1 Å². The summed E-state index contributed by atoms with van der Waals surface area (Å²) in [4.78, 5) is 46.1. The number of hydrogen-bond acceptors (Lipinski definition) is 9. The number of rotatable bonds is 25. The van der Waals surface area contributed by atoms with Crippen LogP contribution in [0.2, 0.25) is 0 Å². The number of hydrogen-bond donors (Lipinski definition) is 2. The van der Waals surface area contributed by atoms with Gasteiger partial charge in [-0.2, -0.15) is 16.4 Å². The van der Waals surface area contributed by atoms with Crippen LogP contribution in [0.1, 0.15) is 132 Å². The minimum Gasteiger partial charge on any atom is -0.506 e. The number of aromatic hydroxyl groups is 1. The van der Waals surface area contributed by atoms with Crippen molar-refractivity contribution in [3.05, 3.63) is 72.3 Å². The standard InChI is InChI=1S/C43H59N5O6S/c1-4-7-9-11-12-13-14-15-16-19-28-47(43(52)48-32-44-40(46-48)42(51)54-29-31-55-30-20-10-8-5-2)37-24-21-22-34-33(37)26-27-35(39(34)49)41(50)45-36-23-17-18-25-38(36)53-6-3/h17-18,21-27,32,49H,4-16,19-20,28-31H2,1-3H3,(H,45,50). The van der Waals surface area contributed by atoms with Gasteiger partial charge in [0.05, 0.1) is 23.5 Å². The monoisotopic (exact) mass is 773 g/mol. The van der Waals surface area contributed by atoms with E-state index in [0.29, 0.717) is 46.8 Å². The van der Waals surface area contributed by atoms with E-state index in [9.17, 15) is 19.5 Å². The van der Waals surface area contributed by atoms with E-state index in [1.54, 1.807) is 65.2 Å². The van der Waals surface area contributed by atoms with E-state index in [1.807, 2.05) is 13.0 Å². The fourth-order valence-electron chi connectivity index (χ4n) is 6.42. The highest BCUT2D eigenvalue weighted by molar-refractivity contribution is 7.99. The molecule has 1 heterocycles. The summed E-state index contributed by atoms with van der Waals surface area (Å²) in [7, 11) is 0. The van der Waals surface area contributed by atoms with E-state index in [2.05, 4.69) is 29.2 Å². The number of aromatic nitrogens is 3. The first kappa shape index (κ1) is 43.2. The molecule has 0 unspecified atom stereocenters. The molecule has 11 nitrogen and oxygen atoms in total. The molecule has 55 heavy (non-hydrogen) atoms. The maximum atomic E-state index is 14.2. The van der Waals surface area contributed by atoms with Crippen molar-refractivity contribution in [1.82, 2.24) is 14.8 Å². The van der Waals surface area contributed by atoms with Crippen molar-refractivity contribution < 1.29 is 29.0 Å². The fraction of sp³-hybridized carbons (Fsp3) is 0.512. The number of nitrogens with zero attached hydrogens (tertiary/aromatic N) is 4. The second-order valence-corrected chi connectivity index (χ2v) is 14.9. The van der Waals surface area contributed by atoms with E-state index in [4.69, 9.17) is 9.47 Å². The van der Waals surface area contributed by atoms with Crippen LogP contribution >= 0.6 is 11.8 Å². The number of carbonyl (C=O) groups excluding carboxylic acids is 3. The van der Waals surface area contributed by atoms with Crippen molar-refractivity contribution in [2.45, 2.75) is 111 Å². The highest BCUT2D eigenvalue weighted by Crippen LogP contribution is 2.36. The quantitative estimate of drug-likeness (QED) is 0.0498. The van der Waals surface area contributed by atoms with Crippen LogP contribution in [-0.4, -0.2) is 69.0 Å². The summed E-state index contributed by atoms with van der Waals surface area (Å²) in [6.45, 7) is 7.33. The summed E-state index contributed by atoms with van der Waals surface area (Å²) in [6.07, 6.45) is 17.5. The van der Waals surface area contributed by atoms with Gasteiger partial charge in [0.25, 0.3) is 11.7 Å². The molecule has 2 amide bonds. The Bertz CT molecular complexity index is 1800. The van der Waals surface area contributed by atoms with E-state index >= 15 is 0 Å². The molecule has 0 spiro atoms. The molecule has 0 atom stereocenters. The maximum Gasteiger partial charge on any atom is 0.378 e. The molecular weight excluding hydrogens is 715 g/mol. The summed E-state index contributed by atoms with van der Waals surface area (Å²) in [5.74, 6) is 0.671. The van der Waals surface area contributed by atoms with Crippen molar-refractivity contribution in [3.63, 3.8) is 0 Å². The van der Waals surface area contributed by atoms with E-state index in [0.717, 1.165) is 42.5 Å². The number of para-hydroxylation sites is 2. The Morgan fingerprint density at radius 3 is 2.20 bits per heavy atom. The second kappa shape index (κ2) is 24.0. The summed E-state index contributed by atoms with van der Waals surface area (Å²) in [6, 6.07) is 15.2. The number of unbranched alkanes of at least 4 members (excludes halogenated alkanes) is 12. The van der Waals surface area contributed by atoms with Gasteiger partial charge in [0, 0.05) is 23.1 Å². The zero-order chi connectivity index (χ0) is 39.3. The third-order valence-corrected chi connectivity index (χ3v) is 10.5. The molecule has 3 aromatic carbocycles. The molecule has 0 saturated carbocycles. The average Bonchev–Trinajstić information content (AvgIpc) is 3.70. The lowest BCUT2D eigenvalue weighted by Crippen LogP contribution is -2.36. The van der Waals surface area contributed by atoms with Crippen LogP contribution in [0.25, 0.3) is 10.8 Å². The normalized spacial score (nSPS) is 11.1. The van der Waals surface area contributed by atoms with Gasteiger partial charge in [-0.1, -0.05) is 121 Å². The van der Waals surface area contributed by atoms with Crippen LogP contribution < -0.4 is 15.0 Å². The maximum absolute atomic E-state index is 14.2. The highest BCUT2D eigenvalue weighted by atomic mass is 32.2. The molecule has 12 heteroatoms. The largest absolute Gasteiger partial charge is 0.506 e. The number of amides is 2. The van der Waals surface area contributed by atoms with Crippen LogP contribution in [0, 0.1) is 0 Å². The molecule has 4 rings (SSSR count). The van der Waals surface area contributed by atoms with Gasteiger partial charge in [-0.3, -0.25) is 9.69 Å². The number of phenols is 1. The number of anilines is 2. The first-order chi connectivity index (χ1) is 26.9. The summed E-state index contributed by atoms with van der Waals surface area (Å²) in [5.41, 5.74) is 1.11. The Kier molecular flexibility index (Phi) is 18.9. The lowest BCUT2D eigenvalue weighted by molar-refractivity contribution is 0.0516. The van der Waals surface area contributed by atoms with Gasteiger partial charge < -0.3 is 19.9 Å². The summed E-state index contributed by atoms with van der Waals surface area (Å²) < 4.78 is 12.1. The van der Waals surface area contributed by atoms with Crippen LogP contribution in [0.5, 0.6) is 11.5 Å². The molecule has 2 N–H and O–H groups in total. The molecule has 0 aliphatic rings. The van der Waals surface area contributed by atoms with Gasteiger partial charge in [-0.05, 0) is 49.8 Å². The molecule has 4 aromatic rings. The van der Waals surface area contributed by atoms with Gasteiger partial charge >= 0.3 is 12.0 Å². The van der Waals surface area contributed by atoms with Gasteiger partial charge in [0.2, 0.25) is 0 Å². The molecule has 0 bridgehead atoms. The number of benzene rings is 3. The third-order valence-electron chi connectivity index (χ3n) is 9.42. The summed E-state index contributed by atoms with van der Waals surface area (Å²) >= 11 is 1.75. The molecule has 0 aliphatic carbocycles. The number of esters is 1. The van der Waals surface area contributed by atoms with Crippen LogP contribution in [0.15, 0.2) is 60.9 Å². The molecule has 0 saturated heterocycles. The number of nitrogens with one attached hydrogen (secondary N) is 1. The number of fused-ring (bicyclic) bond motifs is 1. The average molecular weight is 774 g/mol. The minimum atomic E-state index is -0.677. The Morgan fingerprint density at radius 2 is 1.47 bits per heavy atom. The minimum absolute atomic E-state index is 0.0813. The molecule has 0 fully saturated rings. The third kappa shape index (κ3) is 13.3. The van der Waals surface area contributed by atoms with Crippen LogP contribution in [0.3, 0.4) is 0 Å². The Hall–Kier alpha value is -4.58. The zero-order valence-electron chi connectivity index (χ0n) is 32.9. The van der Waals surface area contributed by atoms with Crippen molar-refractivity contribution in [1.29, 1.82) is 0 Å². The number of phenolic OH excluding ortho intramolecular Hbond substituents is 1. The zero-order valence-corrected chi connectivity index (χ0v) is 33.7. The summed E-state index contributed by atoms with van der Waals surface area (Å²) in [5, 5.41) is 19.5. The van der Waals surface area contributed by atoms with Gasteiger partial charge in [0.1, 0.15) is 24.4 Å². The first-order valence-corrected chi connectivity index (χ1v) is 21.3. The van der Waals surface area contributed by atoms with E-state index in [-0.39, 0.29) is 23.7 Å². The van der Waals surface area contributed by atoms with E-state index < -0.39 is 17.9 Å². The molecule has 298 valence electrons. The predicted octanol–water partition coefficient (Wildman–Crippen LogP) is 10.7. The lowest BCUT2D eigenvalue weighted by Gasteiger charge is -2.24. The molecular formula is C43H59N5O6S. The number of carbonyl (C=O) groups is 3. The van der Waals surface area contributed by atoms with Crippen molar-refractivity contribution >= 4 is 51.8 Å². The Balaban J connectivity index is 1.50. The lowest BCUT2D eigenvalue weighted by atomic mass is 10.0. The SMILES string of the molecule is CCCCCCCCCCCCN(C(=O)n1cnc(C(=O)OCCSCCCCCC)n1)c1cccc2c(O)c(C(=O)Nc3ccccc3OCC)ccc12. The first-order valence-electron chi connectivity index (χ1n) is 20.2. The van der Waals surface area contributed by atoms with Crippen LogP contribution in [0.4, 0.5) is 16.2 Å². The van der Waals surface area contributed by atoms with Gasteiger partial charge in [0.15, 0.2) is 0 Å².